The molecule has 1 aliphatic rings. The first-order valence-corrected chi connectivity index (χ1v) is 9.12. The SMILES string of the molecule is Cc1nn(-c2ccccc2)c2c1[C@@H](c1ccc(N(C)C)cc1)C([N+](=O)[O-])=C(N)O2. The third-order valence-electron chi connectivity index (χ3n) is 5.02. The average molecular weight is 391 g/mol. The van der Waals surface area contributed by atoms with E-state index in [0.29, 0.717) is 17.1 Å². The van der Waals surface area contributed by atoms with Crippen molar-refractivity contribution in [1.82, 2.24) is 9.78 Å². The lowest BCUT2D eigenvalue weighted by molar-refractivity contribution is -0.432. The number of allylic oxidation sites excluding steroid dienone is 1. The first-order valence-electron chi connectivity index (χ1n) is 9.12. The number of ether oxygens (including phenoxy) is 1. The number of aromatic nitrogens is 2. The van der Waals surface area contributed by atoms with Crippen LogP contribution in [0.4, 0.5) is 5.69 Å². The van der Waals surface area contributed by atoms with Gasteiger partial charge in [0.15, 0.2) is 0 Å². The Balaban J connectivity index is 1.92. The molecular weight excluding hydrogens is 370 g/mol. The van der Waals surface area contributed by atoms with Gasteiger partial charge in [-0.25, -0.2) is 4.68 Å². The summed E-state index contributed by atoms with van der Waals surface area (Å²) in [6.07, 6.45) is 0. The fourth-order valence-corrected chi connectivity index (χ4v) is 3.61. The largest absolute Gasteiger partial charge is 0.416 e. The number of fused-ring (bicyclic) bond motifs is 1. The van der Waals surface area contributed by atoms with E-state index in [4.69, 9.17) is 10.5 Å². The van der Waals surface area contributed by atoms with Gasteiger partial charge in [-0.1, -0.05) is 30.3 Å². The lowest BCUT2D eigenvalue weighted by Crippen LogP contribution is -2.26. The molecule has 29 heavy (non-hydrogen) atoms. The first kappa shape index (κ1) is 18.5. The number of anilines is 1. The maximum atomic E-state index is 11.9. The number of nitrogens with zero attached hydrogens (tertiary/aromatic N) is 4. The van der Waals surface area contributed by atoms with Gasteiger partial charge in [0.2, 0.25) is 5.88 Å². The molecule has 1 aromatic heterocycles. The molecule has 8 nitrogen and oxygen atoms in total. The molecule has 8 heteroatoms. The lowest BCUT2D eigenvalue weighted by Gasteiger charge is -2.23. The van der Waals surface area contributed by atoms with Gasteiger partial charge >= 0.3 is 5.70 Å². The maximum Gasteiger partial charge on any atom is 0.317 e. The smallest absolute Gasteiger partial charge is 0.317 e. The van der Waals surface area contributed by atoms with Crippen molar-refractivity contribution in [1.29, 1.82) is 0 Å². The number of nitro groups is 1. The van der Waals surface area contributed by atoms with Gasteiger partial charge < -0.3 is 15.4 Å². The lowest BCUT2D eigenvalue weighted by atomic mass is 9.87. The molecule has 0 fully saturated rings. The Kier molecular flexibility index (Phi) is 4.46. The Labute approximate surface area is 168 Å². The molecule has 1 aliphatic heterocycles. The van der Waals surface area contributed by atoms with E-state index >= 15 is 0 Å². The predicted molar refractivity (Wildman–Crippen MR) is 110 cm³/mol. The highest BCUT2D eigenvalue weighted by molar-refractivity contribution is 5.55. The monoisotopic (exact) mass is 391 g/mol. The van der Waals surface area contributed by atoms with Gasteiger partial charge in [0.05, 0.1) is 21.9 Å². The summed E-state index contributed by atoms with van der Waals surface area (Å²) < 4.78 is 7.37. The van der Waals surface area contributed by atoms with Crippen LogP contribution < -0.4 is 15.4 Å². The molecule has 2 aromatic carbocycles. The van der Waals surface area contributed by atoms with Gasteiger partial charge in [-0.15, -0.1) is 0 Å². The van der Waals surface area contributed by atoms with Gasteiger partial charge in [-0.2, -0.15) is 5.10 Å². The van der Waals surface area contributed by atoms with E-state index in [1.807, 2.05) is 80.5 Å². The molecular formula is C21H21N5O3. The normalized spacial score (nSPS) is 15.6. The van der Waals surface area contributed by atoms with Crippen LogP contribution >= 0.6 is 0 Å². The van der Waals surface area contributed by atoms with Crippen LogP contribution in [-0.2, 0) is 0 Å². The summed E-state index contributed by atoms with van der Waals surface area (Å²) in [4.78, 5) is 13.4. The van der Waals surface area contributed by atoms with Crippen LogP contribution in [0.3, 0.4) is 0 Å². The summed E-state index contributed by atoms with van der Waals surface area (Å²) in [5.74, 6) is -0.498. The van der Waals surface area contributed by atoms with E-state index in [-0.39, 0.29) is 11.6 Å². The second kappa shape index (κ2) is 6.97. The molecule has 0 saturated carbocycles. The number of hydrogen-bond donors (Lipinski definition) is 1. The van der Waals surface area contributed by atoms with E-state index in [2.05, 4.69) is 5.10 Å². The summed E-state index contributed by atoms with van der Waals surface area (Å²) in [5.41, 5.74) is 9.68. The third kappa shape index (κ3) is 3.08. The Morgan fingerprint density at radius 1 is 1.14 bits per heavy atom. The average Bonchev–Trinajstić information content (AvgIpc) is 3.03. The molecule has 4 rings (SSSR count). The Hall–Kier alpha value is -3.81. The molecule has 2 heterocycles. The molecule has 0 saturated heterocycles. The van der Waals surface area contributed by atoms with Crippen molar-refractivity contribution in [3.05, 3.63) is 93.1 Å². The number of aryl methyl sites for hydroxylation is 1. The number of rotatable bonds is 4. The molecule has 148 valence electrons. The predicted octanol–water partition coefficient (Wildman–Crippen LogP) is 3.18. The van der Waals surface area contributed by atoms with Crippen LogP contribution in [0.2, 0.25) is 0 Å². The molecule has 0 amide bonds. The minimum absolute atomic E-state index is 0.175. The van der Waals surface area contributed by atoms with E-state index in [9.17, 15) is 10.1 Å². The van der Waals surface area contributed by atoms with Crippen LogP contribution in [0, 0.1) is 17.0 Å². The van der Waals surface area contributed by atoms with Crippen molar-refractivity contribution >= 4 is 5.69 Å². The minimum Gasteiger partial charge on any atom is -0.416 e. The summed E-state index contributed by atoms with van der Waals surface area (Å²) in [5, 5.41) is 16.5. The Morgan fingerprint density at radius 3 is 2.38 bits per heavy atom. The van der Waals surface area contributed by atoms with Crippen LogP contribution in [0.25, 0.3) is 5.69 Å². The summed E-state index contributed by atoms with van der Waals surface area (Å²) in [6.45, 7) is 1.82. The van der Waals surface area contributed by atoms with Crippen LogP contribution in [-0.4, -0.2) is 28.8 Å². The highest BCUT2D eigenvalue weighted by Crippen LogP contribution is 2.45. The number of hydrogen-bond acceptors (Lipinski definition) is 6. The Bertz CT molecular complexity index is 1100. The van der Waals surface area contributed by atoms with Crippen molar-refractivity contribution in [2.24, 2.45) is 5.73 Å². The first-order chi connectivity index (χ1) is 13.9. The van der Waals surface area contributed by atoms with Crippen LogP contribution in [0.15, 0.2) is 66.2 Å². The second-order valence-corrected chi connectivity index (χ2v) is 7.08. The highest BCUT2D eigenvalue weighted by atomic mass is 16.6. The quantitative estimate of drug-likeness (QED) is 0.542. The standard InChI is InChI=1S/C21H21N5O3/c1-13-17-18(14-9-11-15(12-10-14)24(2)3)19(26(27)28)20(22)29-21(17)25(23-13)16-7-5-4-6-8-16/h4-12,18H,22H2,1-3H3/t18-/m1/s1. The molecule has 3 aromatic rings. The minimum atomic E-state index is -0.678. The number of para-hydroxylation sites is 1. The van der Waals surface area contributed by atoms with Crippen molar-refractivity contribution in [3.63, 3.8) is 0 Å². The van der Waals surface area contributed by atoms with E-state index in [1.165, 1.54) is 0 Å². The van der Waals surface area contributed by atoms with Crippen molar-refractivity contribution < 1.29 is 9.66 Å². The molecule has 0 bridgehead atoms. The summed E-state index contributed by atoms with van der Waals surface area (Å²) >= 11 is 0. The van der Waals surface area contributed by atoms with Gasteiger partial charge in [0.25, 0.3) is 5.88 Å². The molecule has 0 spiro atoms. The third-order valence-corrected chi connectivity index (χ3v) is 5.02. The summed E-state index contributed by atoms with van der Waals surface area (Å²) in [6, 6.07) is 17.1. The molecule has 2 N–H and O–H groups in total. The zero-order valence-electron chi connectivity index (χ0n) is 16.4. The molecule has 0 aliphatic carbocycles. The van der Waals surface area contributed by atoms with Gasteiger partial charge in [-0.05, 0) is 36.8 Å². The van der Waals surface area contributed by atoms with Crippen molar-refractivity contribution in [3.8, 4) is 11.6 Å². The van der Waals surface area contributed by atoms with E-state index in [1.54, 1.807) is 4.68 Å². The fourth-order valence-electron chi connectivity index (χ4n) is 3.61. The molecule has 1 atom stereocenters. The molecule has 0 radical (unpaired) electrons. The van der Waals surface area contributed by atoms with Gasteiger partial charge in [0.1, 0.15) is 5.92 Å². The fraction of sp³-hybridized carbons (Fsp3) is 0.190. The maximum absolute atomic E-state index is 11.9. The van der Waals surface area contributed by atoms with Gasteiger partial charge in [-0.3, -0.25) is 10.1 Å². The van der Waals surface area contributed by atoms with Crippen LogP contribution in [0.5, 0.6) is 5.88 Å². The number of benzene rings is 2. The zero-order chi connectivity index (χ0) is 20.7. The zero-order valence-corrected chi connectivity index (χ0v) is 16.4. The topological polar surface area (TPSA) is 99.5 Å². The van der Waals surface area contributed by atoms with E-state index in [0.717, 1.165) is 16.9 Å². The second-order valence-electron chi connectivity index (χ2n) is 7.08. The van der Waals surface area contributed by atoms with Gasteiger partial charge in [0, 0.05) is 19.8 Å². The number of nitrogens with two attached hydrogens (primary N) is 1. The Morgan fingerprint density at radius 2 is 1.79 bits per heavy atom. The van der Waals surface area contributed by atoms with Crippen molar-refractivity contribution in [2.45, 2.75) is 12.8 Å². The van der Waals surface area contributed by atoms with Crippen LogP contribution in [0.1, 0.15) is 22.7 Å². The van der Waals surface area contributed by atoms with E-state index < -0.39 is 10.8 Å². The summed E-state index contributed by atoms with van der Waals surface area (Å²) in [7, 11) is 3.88. The molecule has 0 unspecified atom stereocenters. The van der Waals surface area contributed by atoms with Crippen molar-refractivity contribution in [2.75, 3.05) is 19.0 Å². The highest BCUT2D eigenvalue weighted by Gasteiger charge is 2.42.